The molecule has 16 heavy (non-hydrogen) atoms. The summed E-state index contributed by atoms with van der Waals surface area (Å²) in [7, 11) is 0. The lowest BCUT2D eigenvalue weighted by atomic mass is 10.0. The normalized spacial score (nSPS) is 12.4. The highest BCUT2D eigenvalue weighted by Crippen LogP contribution is 2.23. The van der Waals surface area contributed by atoms with E-state index in [4.69, 9.17) is 0 Å². The molecular weight excluding hydrogens is 216 g/mol. The number of hydrogen-bond acceptors (Lipinski definition) is 2. The lowest BCUT2D eigenvalue weighted by molar-refractivity contribution is 0.165. The average Bonchev–Trinajstić information content (AvgIpc) is 2.30. The monoisotopic (exact) mass is 236 g/mol. The van der Waals surface area contributed by atoms with E-state index in [0.29, 0.717) is 0 Å². The van der Waals surface area contributed by atoms with Crippen molar-refractivity contribution >= 4 is 11.8 Å². The highest BCUT2D eigenvalue weighted by molar-refractivity contribution is 7.99. The number of thioether (sulfide) groups is 1. The molecule has 1 aromatic carbocycles. The van der Waals surface area contributed by atoms with Gasteiger partial charge in [-0.1, -0.05) is 25.1 Å². The smallest absolute Gasteiger partial charge is 0.0790 e. The van der Waals surface area contributed by atoms with Crippen LogP contribution in [0.2, 0.25) is 0 Å². The molecule has 0 aliphatic rings. The van der Waals surface area contributed by atoms with Gasteiger partial charge in [-0.25, -0.2) is 0 Å². The first kappa shape index (κ1) is 13.3. The number of aliphatic hydroxyl groups excluding tert-OH is 1. The van der Waals surface area contributed by atoms with Gasteiger partial charge in [-0.15, -0.1) is 18.3 Å². The van der Waals surface area contributed by atoms with E-state index in [-0.39, 0.29) is 6.10 Å². The van der Waals surface area contributed by atoms with Crippen molar-refractivity contribution in [2.45, 2.75) is 37.2 Å². The first-order chi connectivity index (χ1) is 7.77. The van der Waals surface area contributed by atoms with Crippen molar-refractivity contribution in [3.05, 3.63) is 42.5 Å². The highest BCUT2D eigenvalue weighted by atomic mass is 32.2. The Morgan fingerprint density at radius 1 is 1.38 bits per heavy atom. The molecule has 0 aliphatic carbocycles. The van der Waals surface area contributed by atoms with E-state index in [0.717, 1.165) is 30.6 Å². The fourth-order valence-electron chi connectivity index (χ4n) is 1.58. The predicted octanol–water partition coefficient (Wildman–Crippen LogP) is 4.19. The zero-order chi connectivity index (χ0) is 11.8. The molecule has 0 spiro atoms. The zero-order valence-corrected chi connectivity index (χ0v) is 10.7. The Morgan fingerprint density at radius 3 is 2.62 bits per heavy atom. The van der Waals surface area contributed by atoms with Gasteiger partial charge in [-0.05, 0) is 42.7 Å². The molecule has 88 valence electrons. The van der Waals surface area contributed by atoms with Crippen LogP contribution in [-0.4, -0.2) is 10.9 Å². The molecule has 1 unspecified atom stereocenters. The van der Waals surface area contributed by atoms with Crippen LogP contribution >= 0.6 is 11.8 Å². The van der Waals surface area contributed by atoms with Gasteiger partial charge in [0.2, 0.25) is 0 Å². The Balaban J connectivity index is 2.48. The second-order valence-electron chi connectivity index (χ2n) is 3.74. The van der Waals surface area contributed by atoms with E-state index in [2.05, 4.69) is 25.6 Å². The maximum atomic E-state index is 9.93. The van der Waals surface area contributed by atoms with E-state index in [1.807, 2.05) is 30.0 Å². The molecule has 1 N–H and O–H groups in total. The Hall–Kier alpha value is -0.730. The maximum Gasteiger partial charge on any atom is 0.0790 e. The van der Waals surface area contributed by atoms with E-state index in [1.165, 1.54) is 4.90 Å². The Kier molecular flexibility index (Phi) is 6.27. The number of benzene rings is 1. The van der Waals surface area contributed by atoms with E-state index in [1.54, 1.807) is 0 Å². The third kappa shape index (κ3) is 4.42. The first-order valence-electron chi connectivity index (χ1n) is 5.79. The molecule has 0 saturated heterocycles. The summed E-state index contributed by atoms with van der Waals surface area (Å²) in [6, 6.07) is 8.22. The molecule has 0 aromatic heterocycles. The van der Waals surface area contributed by atoms with Crippen LogP contribution < -0.4 is 0 Å². The molecule has 0 aliphatic heterocycles. The summed E-state index contributed by atoms with van der Waals surface area (Å²) in [6.07, 6.45) is 4.34. The topological polar surface area (TPSA) is 20.2 Å². The minimum absolute atomic E-state index is 0.333. The molecule has 1 aromatic rings. The summed E-state index contributed by atoms with van der Waals surface area (Å²) >= 11 is 1.82. The molecular formula is C14H20OS. The summed E-state index contributed by atoms with van der Waals surface area (Å²) in [5.74, 6) is 1.08. The van der Waals surface area contributed by atoms with Crippen LogP contribution in [0.1, 0.15) is 37.9 Å². The number of rotatable bonds is 7. The zero-order valence-electron chi connectivity index (χ0n) is 9.86. The van der Waals surface area contributed by atoms with Crippen LogP contribution in [0, 0.1) is 0 Å². The fourth-order valence-corrected chi connectivity index (χ4v) is 2.24. The molecule has 0 fully saturated rings. The number of unbranched alkanes of at least 4 members (excludes halogenated alkanes) is 1. The number of allylic oxidation sites excluding steroid dienone is 1. The third-order valence-electron chi connectivity index (χ3n) is 2.46. The van der Waals surface area contributed by atoms with Crippen LogP contribution in [0.15, 0.2) is 41.8 Å². The second kappa shape index (κ2) is 7.53. The van der Waals surface area contributed by atoms with Crippen molar-refractivity contribution in [2.24, 2.45) is 0 Å². The van der Waals surface area contributed by atoms with Gasteiger partial charge in [0.25, 0.3) is 0 Å². The fraction of sp³-hybridized carbons (Fsp3) is 0.429. The molecule has 0 amide bonds. The minimum Gasteiger partial charge on any atom is -0.388 e. The third-order valence-corrected chi connectivity index (χ3v) is 3.36. The van der Waals surface area contributed by atoms with E-state index in [9.17, 15) is 5.11 Å². The summed E-state index contributed by atoms with van der Waals surface area (Å²) < 4.78 is 0. The molecule has 1 rings (SSSR count). The molecule has 0 heterocycles. The van der Waals surface area contributed by atoms with Crippen LogP contribution in [-0.2, 0) is 0 Å². The predicted molar refractivity (Wildman–Crippen MR) is 71.8 cm³/mol. The van der Waals surface area contributed by atoms with Crippen molar-refractivity contribution in [1.82, 2.24) is 0 Å². The van der Waals surface area contributed by atoms with Crippen molar-refractivity contribution in [3.63, 3.8) is 0 Å². The van der Waals surface area contributed by atoms with Gasteiger partial charge in [0.15, 0.2) is 0 Å². The summed E-state index contributed by atoms with van der Waals surface area (Å²) in [6.45, 7) is 5.82. The summed E-state index contributed by atoms with van der Waals surface area (Å²) in [5, 5.41) is 9.93. The SMILES string of the molecule is C=CCCCC(O)c1ccc(SCC)cc1. The van der Waals surface area contributed by atoms with Crippen molar-refractivity contribution in [2.75, 3.05) is 5.75 Å². The van der Waals surface area contributed by atoms with Crippen LogP contribution in [0.25, 0.3) is 0 Å². The van der Waals surface area contributed by atoms with Gasteiger partial charge in [0.1, 0.15) is 0 Å². The maximum absolute atomic E-state index is 9.93. The largest absolute Gasteiger partial charge is 0.388 e. The Labute approximate surface area is 103 Å². The van der Waals surface area contributed by atoms with Crippen LogP contribution in [0.3, 0.4) is 0 Å². The quantitative estimate of drug-likeness (QED) is 0.435. The molecule has 0 saturated carbocycles. The molecule has 0 radical (unpaired) electrons. The van der Waals surface area contributed by atoms with Gasteiger partial charge in [0.05, 0.1) is 6.10 Å². The van der Waals surface area contributed by atoms with Crippen LogP contribution in [0.5, 0.6) is 0 Å². The van der Waals surface area contributed by atoms with Crippen molar-refractivity contribution < 1.29 is 5.11 Å². The Bertz CT molecular complexity index is 305. The van der Waals surface area contributed by atoms with Gasteiger partial charge in [-0.3, -0.25) is 0 Å². The van der Waals surface area contributed by atoms with Crippen molar-refractivity contribution in [3.8, 4) is 0 Å². The molecule has 2 heteroatoms. The average molecular weight is 236 g/mol. The molecule has 0 bridgehead atoms. The van der Waals surface area contributed by atoms with Gasteiger partial charge in [-0.2, -0.15) is 0 Å². The number of aliphatic hydroxyl groups is 1. The van der Waals surface area contributed by atoms with Gasteiger partial charge < -0.3 is 5.11 Å². The second-order valence-corrected chi connectivity index (χ2v) is 5.07. The number of hydrogen-bond donors (Lipinski definition) is 1. The first-order valence-corrected chi connectivity index (χ1v) is 6.78. The van der Waals surface area contributed by atoms with Crippen LogP contribution in [0.4, 0.5) is 0 Å². The lowest BCUT2D eigenvalue weighted by Crippen LogP contribution is -1.96. The molecule has 1 nitrogen and oxygen atoms in total. The standard InChI is InChI=1S/C14H20OS/c1-3-5-6-7-14(15)12-8-10-13(11-9-12)16-4-2/h3,8-11,14-15H,1,4-7H2,2H3. The summed E-state index contributed by atoms with van der Waals surface area (Å²) in [5.41, 5.74) is 1.02. The van der Waals surface area contributed by atoms with E-state index < -0.39 is 0 Å². The van der Waals surface area contributed by atoms with Crippen molar-refractivity contribution in [1.29, 1.82) is 0 Å². The molecule has 1 atom stereocenters. The minimum atomic E-state index is -0.333. The summed E-state index contributed by atoms with van der Waals surface area (Å²) in [4.78, 5) is 1.27. The lowest BCUT2D eigenvalue weighted by Gasteiger charge is -2.10. The van der Waals surface area contributed by atoms with Gasteiger partial charge >= 0.3 is 0 Å². The highest BCUT2D eigenvalue weighted by Gasteiger charge is 2.06. The van der Waals surface area contributed by atoms with Gasteiger partial charge in [0, 0.05) is 4.90 Å². The Morgan fingerprint density at radius 2 is 2.06 bits per heavy atom. The van der Waals surface area contributed by atoms with E-state index >= 15 is 0 Å².